The van der Waals surface area contributed by atoms with E-state index in [2.05, 4.69) is 5.32 Å². The van der Waals surface area contributed by atoms with Crippen LogP contribution in [-0.4, -0.2) is 42.9 Å². The molecule has 0 atom stereocenters. The predicted molar refractivity (Wildman–Crippen MR) is 103 cm³/mol. The van der Waals surface area contributed by atoms with E-state index in [4.69, 9.17) is 0 Å². The molecule has 1 heterocycles. The largest absolute Gasteiger partial charge is 0.366 e. The Hall–Kier alpha value is -2.89. The van der Waals surface area contributed by atoms with Gasteiger partial charge >= 0.3 is 0 Å². The number of hydrogen-bond acceptors (Lipinski definition) is 3. The first kappa shape index (κ1) is 18.9. The predicted octanol–water partition coefficient (Wildman–Crippen LogP) is 2.49. The van der Waals surface area contributed by atoms with E-state index in [9.17, 15) is 14.0 Å². The summed E-state index contributed by atoms with van der Waals surface area (Å²) in [5, 5.41) is 2.78. The van der Waals surface area contributed by atoms with Gasteiger partial charge in [0.15, 0.2) is 0 Å². The Labute approximate surface area is 158 Å². The molecule has 0 aromatic heterocycles. The molecule has 2 aromatic carbocycles. The van der Waals surface area contributed by atoms with Gasteiger partial charge in [-0.3, -0.25) is 9.59 Å². The molecule has 0 spiro atoms. The normalized spacial score (nSPS) is 14.1. The number of amides is 2. The number of anilines is 1. The summed E-state index contributed by atoms with van der Waals surface area (Å²) >= 11 is 0. The van der Waals surface area contributed by atoms with Crippen LogP contribution < -0.4 is 10.2 Å². The van der Waals surface area contributed by atoms with Gasteiger partial charge in [0.2, 0.25) is 11.8 Å². The van der Waals surface area contributed by atoms with Crippen molar-refractivity contribution in [3.05, 3.63) is 65.5 Å². The molecule has 1 aliphatic rings. The quantitative estimate of drug-likeness (QED) is 0.824. The van der Waals surface area contributed by atoms with Gasteiger partial charge in [0.25, 0.3) is 0 Å². The van der Waals surface area contributed by atoms with Crippen LogP contribution in [0.2, 0.25) is 0 Å². The number of para-hydroxylation sites is 1. The number of benzene rings is 2. The van der Waals surface area contributed by atoms with Crippen LogP contribution in [0.1, 0.15) is 17.5 Å². The van der Waals surface area contributed by atoms with Crippen LogP contribution in [-0.2, 0) is 16.1 Å². The highest BCUT2D eigenvalue weighted by Gasteiger charge is 2.23. The van der Waals surface area contributed by atoms with E-state index in [0.29, 0.717) is 38.4 Å². The molecule has 1 saturated heterocycles. The minimum atomic E-state index is -0.280. The molecule has 142 valence electrons. The van der Waals surface area contributed by atoms with E-state index in [1.165, 1.54) is 6.07 Å². The van der Waals surface area contributed by atoms with Gasteiger partial charge in [0.05, 0.1) is 5.69 Å². The second kappa shape index (κ2) is 8.66. The number of hydrogen-bond donors (Lipinski definition) is 1. The Kier molecular flexibility index (Phi) is 6.06. The molecule has 0 bridgehead atoms. The molecule has 6 heteroatoms. The van der Waals surface area contributed by atoms with Crippen LogP contribution in [0.15, 0.2) is 48.5 Å². The van der Waals surface area contributed by atoms with Crippen LogP contribution in [0.25, 0.3) is 0 Å². The summed E-state index contributed by atoms with van der Waals surface area (Å²) in [5.74, 6) is -0.727. The molecular formula is C21H24FN3O2. The third-order valence-corrected chi connectivity index (χ3v) is 4.75. The highest BCUT2D eigenvalue weighted by Crippen LogP contribution is 2.20. The average Bonchev–Trinajstić information content (AvgIpc) is 2.68. The van der Waals surface area contributed by atoms with Crippen LogP contribution in [0.3, 0.4) is 0 Å². The first-order valence-corrected chi connectivity index (χ1v) is 9.12. The molecule has 0 aliphatic carbocycles. The van der Waals surface area contributed by atoms with Crippen LogP contribution in [0, 0.1) is 12.7 Å². The summed E-state index contributed by atoms with van der Waals surface area (Å²) in [5.41, 5.74) is 2.72. The first-order chi connectivity index (χ1) is 13.0. The van der Waals surface area contributed by atoms with Crippen molar-refractivity contribution in [2.24, 2.45) is 0 Å². The monoisotopic (exact) mass is 369 g/mol. The van der Waals surface area contributed by atoms with E-state index in [1.54, 1.807) is 23.1 Å². The second-order valence-electron chi connectivity index (χ2n) is 6.76. The maximum absolute atomic E-state index is 13.9. The Balaban J connectivity index is 1.44. The lowest BCUT2D eigenvalue weighted by atomic mass is 10.1. The number of aryl methyl sites for hydroxylation is 1. The first-order valence-electron chi connectivity index (χ1n) is 9.12. The van der Waals surface area contributed by atoms with Gasteiger partial charge in [-0.15, -0.1) is 0 Å². The van der Waals surface area contributed by atoms with Gasteiger partial charge < -0.3 is 15.1 Å². The summed E-state index contributed by atoms with van der Waals surface area (Å²) in [6.07, 6.45) is -0.161. The molecule has 2 aromatic rings. The fraction of sp³-hybridized carbons (Fsp3) is 0.333. The van der Waals surface area contributed by atoms with Gasteiger partial charge in [0.1, 0.15) is 12.2 Å². The molecule has 1 fully saturated rings. The lowest BCUT2D eigenvalue weighted by Gasteiger charge is -2.36. The lowest BCUT2D eigenvalue weighted by molar-refractivity contribution is -0.136. The Morgan fingerprint density at radius 1 is 1.00 bits per heavy atom. The van der Waals surface area contributed by atoms with Crippen LogP contribution >= 0.6 is 0 Å². The average molecular weight is 369 g/mol. The maximum Gasteiger partial charge on any atom is 0.232 e. The van der Waals surface area contributed by atoms with Crippen molar-refractivity contribution in [1.82, 2.24) is 10.2 Å². The number of carbonyl (C=O) groups excluding carboxylic acids is 2. The van der Waals surface area contributed by atoms with Crippen molar-refractivity contribution in [1.29, 1.82) is 0 Å². The fourth-order valence-corrected chi connectivity index (χ4v) is 3.12. The number of rotatable bonds is 5. The minimum Gasteiger partial charge on any atom is -0.366 e. The molecule has 0 unspecified atom stereocenters. The molecule has 27 heavy (non-hydrogen) atoms. The van der Waals surface area contributed by atoms with Crippen molar-refractivity contribution in [2.45, 2.75) is 19.9 Å². The summed E-state index contributed by atoms with van der Waals surface area (Å²) in [4.78, 5) is 28.0. The van der Waals surface area contributed by atoms with Gasteiger partial charge in [-0.1, -0.05) is 42.0 Å². The molecule has 1 N–H and O–H groups in total. The summed E-state index contributed by atoms with van der Waals surface area (Å²) in [6, 6.07) is 14.5. The molecule has 3 rings (SSSR count). The third kappa shape index (κ3) is 5.06. The zero-order valence-electron chi connectivity index (χ0n) is 15.5. The van der Waals surface area contributed by atoms with E-state index < -0.39 is 0 Å². The van der Waals surface area contributed by atoms with Gasteiger partial charge in [-0.2, -0.15) is 0 Å². The smallest absolute Gasteiger partial charge is 0.232 e. The zero-order valence-corrected chi connectivity index (χ0v) is 15.5. The lowest BCUT2D eigenvalue weighted by Crippen LogP contribution is -2.49. The molecule has 2 amide bonds. The molecule has 1 aliphatic heterocycles. The summed E-state index contributed by atoms with van der Waals surface area (Å²) < 4.78 is 13.9. The maximum atomic E-state index is 13.9. The van der Waals surface area contributed by atoms with E-state index in [0.717, 1.165) is 11.1 Å². The van der Waals surface area contributed by atoms with Crippen molar-refractivity contribution < 1.29 is 14.0 Å². The van der Waals surface area contributed by atoms with E-state index in [1.807, 2.05) is 36.1 Å². The molecule has 5 nitrogen and oxygen atoms in total. The van der Waals surface area contributed by atoms with Crippen molar-refractivity contribution in [3.8, 4) is 0 Å². The van der Waals surface area contributed by atoms with Crippen molar-refractivity contribution in [3.63, 3.8) is 0 Å². The fourth-order valence-electron chi connectivity index (χ4n) is 3.12. The Morgan fingerprint density at radius 3 is 2.33 bits per heavy atom. The topological polar surface area (TPSA) is 52.7 Å². The minimum absolute atomic E-state index is 0.161. The standard InChI is InChI=1S/C21H24FN3O2/c1-16-6-8-17(9-7-16)15-23-20(26)14-21(27)25-12-10-24(11-13-25)19-5-3-2-4-18(19)22/h2-9H,10-15H2,1H3,(H,23,26). The van der Waals surface area contributed by atoms with Crippen molar-refractivity contribution in [2.75, 3.05) is 31.1 Å². The number of nitrogens with one attached hydrogen (secondary N) is 1. The molecule has 0 saturated carbocycles. The van der Waals surface area contributed by atoms with Crippen molar-refractivity contribution >= 4 is 17.5 Å². The highest BCUT2D eigenvalue weighted by molar-refractivity contribution is 5.96. The zero-order chi connectivity index (χ0) is 19.2. The SMILES string of the molecule is Cc1ccc(CNC(=O)CC(=O)N2CCN(c3ccccc3F)CC2)cc1. The summed E-state index contributed by atoms with van der Waals surface area (Å²) in [7, 11) is 0. The highest BCUT2D eigenvalue weighted by atomic mass is 19.1. The van der Waals surface area contributed by atoms with E-state index in [-0.39, 0.29) is 24.1 Å². The van der Waals surface area contributed by atoms with Gasteiger partial charge in [-0.25, -0.2) is 4.39 Å². The number of piperazine rings is 1. The van der Waals surface area contributed by atoms with Gasteiger partial charge in [0, 0.05) is 32.7 Å². The van der Waals surface area contributed by atoms with Crippen LogP contribution in [0.5, 0.6) is 0 Å². The van der Waals surface area contributed by atoms with E-state index >= 15 is 0 Å². The Morgan fingerprint density at radius 2 is 1.67 bits per heavy atom. The third-order valence-electron chi connectivity index (χ3n) is 4.75. The number of halogens is 1. The molecular weight excluding hydrogens is 345 g/mol. The number of nitrogens with zero attached hydrogens (tertiary/aromatic N) is 2. The van der Waals surface area contributed by atoms with Gasteiger partial charge in [-0.05, 0) is 24.6 Å². The summed E-state index contributed by atoms with van der Waals surface area (Å²) in [6.45, 7) is 4.49. The second-order valence-corrected chi connectivity index (χ2v) is 6.76. The van der Waals surface area contributed by atoms with Crippen LogP contribution in [0.4, 0.5) is 10.1 Å². The molecule has 0 radical (unpaired) electrons. The number of carbonyl (C=O) groups is 2. The Bertz CT molecular complexity index is 799.